The molecule has 5 heteroatoms. The maximum atomic E-state index is 12.0. The van der Waals surface area contributed by atoms with Crippen LogP contribution in [0.4, 0.5) is 13.2 Å². The fraction of sp³-hybridized carbons (Fsp3) is 0.800. The topological polar surface area (TPSA) is 21.3 Å². The summed E-state index contributed by atoms with van der Waals surface area (Å²) in [4.78, 5) is 0. The van der Waals surface area contributed by atoms with E-state index < -0.39 is 12.6 Å². The predicted octanol–water partition coefficient (Wildman–Crippen LogP) is 2.61. The number of alkyl halides is 3. The van der Waals surface area contributed by atoms with Gasteiger partial charge in [0.05, 0.1) is 12.9 Å². The minimum atomic E-state index is -4.08. The van der Waals surface area contributed by atoms with E-state index in [2.05, 4.69) is 5.32 Å². The van der Waals surface area contributed by atoms with Crippen molar-refractivity contribution in [1.29, 1.82) is 0 Å². The monoisotopic (exact) mass is 223 g/mol. The summed E-state index contributed by atoms with van der Waals surface area (Å²) in [5.41, 5.74) is 0.938. The fourth-order valence-corrected chi connectivity index (χ4v) is 1.66. The molecule has 0 aromatic carbocycles. The van der Waals surface area contributed by atoms with Crippen LogP contribution >= 0.6 is 0 Å². The summed E-state index contributed by atoms with van der Waals surface area (Å²) < 4.78 is 41.2. The number of nitrogens with one attached hydrogen (secondary N) is 1. The fourth-order valence-electron chi connectivity index (χ4n) is 1.66. The third kappa shape index (κ3) is 4.55. The molecule has 0 aliphatic carbocycles. The van der Waals surface area contributed by atoms with Gasteiger partial charge in [0.25, 0.3) is 0 Å². The molecule has 0 fully saturated rings. The van der Waals surface area contributed by atoms with E-state index >= 15 is 0 Å². The molecule has 0 spiro atoms. The van der Waals surface area contributed by atoms with Gasteiger partial charge < -0.3 is 10.1 Å². The molecule has 0 bridgehead atoms. The molecule has 0 aromatic heterocycles. The second-order valence-corrected chi connectivity index (χ2v) is 3.66. The summed E-state index contributed by atoms with van der Waals surface area (Å²) >= 11 is 0. The van der Waals surface area contributed by atoms with Crippen LogP contribution < -0.4 is 5.32 Å². The number of ether oxygens (including phenoxy) is 1. The Morgan fingerprint density at radius 1 is 1.53 bits per heavy atom. The Labute approximate surface area is 87.5 Å². The molecule has 0 aromatic rings. The standard InChI is InChI=1S/C10H16F3NO/c1-14-9(4-5-10(11,12)13)8-3-2-6-15-7-8/h7,9,14H,2-6H2,1H3. The highest BCUT2D eigenvalue weighted by molar-refractivity contribution is 5.09. The average Bonchev–Trinajstić information content (AvgIpc) is 2.19. The van der Waals surface area contributed by atoms with Crippen LogP contribution in [0.3, 0.4) is 0 Å². The summed E-state index contributed by atoms with van der Waals surface area (Å²) in [6.45, 7) is 0.666. The Hall–Kier alpha value is -0.710. The van der Waals surface area contributed by atoms with Crippen LogP contribution in [0.25, 0.3) is 0 Å². The molecule has 15 heavy (non-hydrogen) atoms. The summed E-state index contributed by atoms with van der Waals surface area (Å²) in [5.74, 6) is 0. The number of hydrogen-bond acceptors (Lipinski definition) is 2. The van der Waals surface area contributed by atoms with Crippen LogP contribution in [0.5, 0.6) is 0 Å². The van der Waals surface area contributed by atoms with E-state index in [9.17, 15) is 13.2 Å². The minimum absolute atomic E-state index is 0.0786. The van der Waals surface area contributed by atoms with Gasteiger partial charge in [-0.05, 0) is 31.9 Å². The maximum absolute atomic E-state index is 12.0. The van der Waals surface area contributed by atoms with Crippen molar-refractivity contribution >= 4 is 0 Å². The van der Waals surface area contributed by atoms with Crippen molar-refractivity contribution in [2.45, 2.75) is 37.9 Å². The lowest BCUT2D eigenvalue weighted by Crippen LogP contribution is -2.30. The predicted molar refractivity (Wildman–Crippen MR) is 51.4 cm³/mol. The smallest absolute Gasteiger partial charge is 0.389 e. The van der Waals surface area contributed by atoms with Crippen molar-refractivity contribution in [3.8, 4) is 0 Å². The second kappa shape index (κ2) is 5.39. The quantitative estimate of drug-likeness (QED) is 0.791. The summed E-state index contributed by atoms with van der Waals surface area (Å²) in [6.07, 6.45) is -1.45. The molecular formula is C10H16F3NO. The Balaban J connectivity index is 2.44. The summed E-state index contributed by atoms with van der Waals surface area (Å²) in [7, 11) is 1.68. The Bertz CT molecular complexity index is 225. The normalized spacial score (nSPS) is 19.3. The molecule has 0 saturated heterocycles. The summed E-state index contributed by atoms with van der Waals surface area (Å²) in [5, 5.41) is 2.90. The van der Waals surface area contributed by atoms with Gasteiger partial charge >= 0.3 is 6.18 Å². The molecule has 88 valence electrons. The van der Waals surface area contributed by atoms with Crippen molar-refractivity contribution in [3.63, 3.8) is 0 Å². The van der Waals surface area contributed by atoms with Gasteiger partial charge in [0.2, 0.25) is 0 Å². The van der Waals surface area contributed by atoms with Crippen LogP contribution in [0, 0.1) is 0 Å². The number of rotatable bonds is 4. The largest absolute Gasteiger partial charge is 0.501 e. The van der Waals surface area contributed by atoms with Crippen molar-refractivity contribution < 1.29 is 17.9 Å². The lowest BCUT2D eigenvalue weighted by molar-refractivity contribution is -0.136. The van der Waals surface area contributed by atoms with Crippen LogP contribution in [0.2, 0.25) is 0 Å². The Morgan fingerprint density at radius 3 is 2.73 bits per heavy atom. The zero-order valence-corrected chi connectivity index (χ0v) is 8.73. The third-order valence-electron chi connectivity index (χ3n) is 2.47. The van der Waals surface area contributed by atoms with Gasteiger partial charge in [0, 0.05) is 12.5 Å². The third-order valence-corrected chi connectivity index (χ3v) is 2.47. The van der Waals surface area contributed by atoms with Crippen LogP contribution in [0.1, 0.15) is 25.7 Å². The molecule has 0 saturated carbocycles. The second-order valence-electron chi connectivity index (χ2n) is 3.66. The first-order chi connectivity index (χ1) is 7.03. The van der Waals surface area contributed by atoms with E-state index in [4.69, 9.17) is 4.74 Å². The van der Waals surface area contributed by atoms with Gasteiger partial charge in [-0.1, -0.05) is 0 Å². The van der Waals surface area contributed by atoms with E-state index in [-0.39, 0.29) is 12.5 Å². The van der Waals surface area contributed by atoms with Crippen LogP contribution in [0.15, 0.2) is 11.8 Å². The number of hydrogen-bond donors (Lipinski definition) is 1. The van der Waals surface area contributed by atoms with Crippen molar-refractivity contribution in [3.05, 3.63) is 11.8 Å². The molecule has 0 amide bonds. The summed E-state index contributed by atoms with van der Waals surface area (Å²) in [6, 6.07) is -0.216. The van der Waals surface area contributed by atoms with Crippen LogP contribution in [-0.4, -0.2) is 25.9 Å². The SMILES string of the molecule is CNC(CCC(F)(F)F)C1=COCCC1. The Morgan fingerprint density at radius 2 is 2.27 bits per heavy atom. The maximum Gasteiger partial charge on any atom is 0.389 e. The zero-order chi connectivity index (χ0) is 11.3. The average molecular weight is 223 g/mol. The van der Waals surface area contributed by atoms with Crippen molar-refractivity contribution in [1.82, 2.24) is 5.32 Å². The van der Waals surface area contributed by atoms with Gasteiger partial charge in [-0.2, -0.15) is 13.2 Å². The lowest BCUT2D eigenvalue weighted by Gasteiger charge is -2.23. The molecule has 1 rings (SSSR count). The zero-order valence-electron chi connectivity index (χ0n) is 8.73. The van der Waals surface area contributed by atoms with Gasteiger partial charge in [0.15, 0.2) is 0 Å². The number of likely N-dealkylation sites (N-methyl/N-ethyl adjacent to an activating group) is 1. The van der Waals surface area contributed by atoms with Gasteiger partial charge in [0.1, 0.15) is 0 Å². The minimum Gasteiger partial charge on any atom is -0.501 e. The van der Waals surface area contributed by atoms with E-state index in [1.807, 2.05) is 0 Å². The first-order valence-corrected chi connectivity index (χ1v) is 5.07. The molecule has 1 aliphatic heterocycles. The van der Waals surface area contributed by atoms with E-state index in [1.165, 1.54) is 0 Å². The van der Waals surface area contributed by atoms with Crippen molar-refractivity contribution in [2.24, 2.45) is 0 Å². The first-order valence-electron chi connectivity index (χ1n) is 5.07. The number of halogens is 3. The molecule has 1 N–H and O–H groups in total. The Kier molecular flexibility index (Phi) is 4.45. The molecular weight excluding hydrogens is 207 g/mol. The molecule has 1 aliphatic rings. The molecule has 2 nitrogen and oxygen atoms in total. The van der Waals surface area contributed by atoms with E-state index in [0.29, 0.717) is 6.61 Å². The highest BCUT2D eigenvalue weighted by atomic mass is 19.4. The van der Waals surface area contributed by atoms with Gasteiger partial charge in [-0.25, -0.2) is 0 Å². The van der Waals surface area contributed by atoms with Crippen LogP contribution in [-0.2, 0) is 4.74 Å². The molecule has 1 heterocycles. The lowest BCUT2D eigenvalue weighted by atomic mass is 9.98. The highest BCUT2D eigenvalue weighted by Gasteiger charge is 2.29. The molecule has 0 radical (unpaired) electrons. The van der Waals surface area contributed by atoms with Gasteiger partial charge in [-0.3, -0.25) is 0 Å². The van der Waals surface area contributed by atoms with E-state index in [0.717, 1.165) is 18.4 Å². The van der Waals surface area contributed by atoms with Crippen molar-refractivity contribution in [2.75, 3.05) is 13.7 Å². The highest BCUT2D eigenvalue weighted by Crippen LogP contribution is 2.26. The van der Waals surface area contributed by atoms with Gasteiger partial charge in [-0.15, -0.1) is 0 Å². The first kappa shape index (κ1) is 12.4. The molecule has 1 atom stereocenters. The van der Waals surface area contributed by atoms with E-state index in [1.54, 1.807) is 13.3 Å². The molecule has 1 unspecified atom stereocenters.